The lowest BCUT2D eigenvalue weighted by Crippen LogP contribution is -2.25. The number of benzene rings is 1. The number of nitrogens with zero attached hydrogens (tertiary/aromatic N) is 1. The molecule has 1 aromatic heterocycles. The Labute approximate surface area is 130 Å². The molecule has 2 rings (SSSR count). The Morgan fingerprint density at radius 1 is 1.23 bits per heavy atom. The zero-order valence-corrected chi connectivity index (χ0v) is 13.0. The van der Waals surface area contributed by atoms with Gasteiger partial charge in [0.2, 0.25) is 0 Å². The summed E-state index contributed by atoms with van der Waals surface area (Å²) in [5.74, 6) is -0.0340. The molecule has 1 aromatic carbocycles. The Bertz CT molecular complexity index is 649. The summed E-state index contributed by atoms with van der Waals surface area (Å²) in [5.41, 5.74) is 6.65. The molecule has 0 aliphatic heterocycles. The molecular formula is C17H20N2O3. The van der Waals surface area contributed by atoms with E-state index in [9.17, 15) is 4.79 Å². The van der Waals surface area contributed by atoms with Gasteiger partial charge < -0.3 is 15.2 Å². The van der Waals surface area contributed by atoms with Crippen molar-refractivity contribution in [2.75, 3.05) is 5.73 Å². The van der Waals surface area contributed by atoms with Crippen molar-refractivity contribution in [1.82, 2.24) is 4.98 Å². The molecule has 0 amide bonds. The average molecular weight is 300 g/mol. The first kappa shape index (κ1) is 15.8. The predicted octanol–water partition coefficient (Wildman–Crippen LogP) is 3.20. The van der Waals surface area contributed by atoms with Crippen LogP contribution in [0.15, 0.2) is 42.6 Å². The summed E-state index contributed by atoms with van der Waals surface area (Å²) in [6.07, 6.45) is 1.47. The van der Waals surface area contributed by atoms with Crippen molar-refractivity contribution < 1.29 is 14.3 Å². The molecule has 0 unspecified atom stereocenters. The third-order valence-electron chi connectivity index (χ3n) is 2.73. The number of carbonyl (C=O) groups excluding carboxylic acids is 1. The molecule has 0 atom stereocenters. The van der Waals surface area contributed by atoms with Gasteiger partial charge in [0.1, 0.15) is 18.0 Å². The number of nitrogen functional groups attached to an aromatic ring is 1. The Balaban J connectivity index is 2.05. The number of carbonyl (C=O) groups is 1. The molecule has 0 bridgehead atoms. The maximum absolute atomic E-state index is 12.0. The number of nitrogens with two attached hydrogens (primary N) is 1. The summed E-state index contributed by atoms with van der Waals surface area (Å²) in [4.78, 5) is 16.0. The Kier molecular flexibility index (Phi) is 4.65. The predicted molar refractivity (Wildman–Crippen MR) is 84.6 cm³/mol. The molecule has 2 aromatic rings. The van der Waals surface area contributed by atoms with Crippen molar-refractivity contribution >= 4 is 11.7 Å². The number of hydrogen-bond donors (Lipinski definition) is 1. The van der Waals surface area contributed by atoms with Gasteiger partial charge in [0.15, 0.2) is 5.69 Å². The highest BCUT2D eigenvalue weighted by Crippen LogP contribution is 2.21. The van der Waals surface area contributed by atoms with Crippen molar-refractivity contribution in [3.63, 3.8) is 0 Å². The molecule has 2 N–H and O–H groups in total. The fourth-order valence-electron chi connectivity index (χ4n) is 1.78. The summed E-state index contributed by atoms with van der Waals surface area (Å²) in [6, 6.07) is 11.3. The normalized spacial score (nSPS) is 11.0. The number of esters is 1. The lowest BCUT2D eigenvalue weighted by molar-refractivity contribution is 0.00642. The molecule has 5 heteroatoms. The first-order valence-corrected chi connectivity index (χ1v) is 7.01. The zero-order chi connectivity index (χ0) is 16.2. The molecule has 0 radical (unpaired) electrons. The molecule has 0 fully saturated rings. The maximum Gasteiger partial charge on any atom is 0.359 e. The summed E-state index contributed by atoms with van der Waals surface area (Å²) in [7, 11) is 0. The van der Waals surface area contributed by atoms with Gasteiger partial charge in [-0.3, -0.25) is 0 Å². The number of hydrogen-bond acceptors (Lipinski definition) is 5. The van der Waals surface area contributed by atoms with Crippen LogP contribution in [0.3, 0.4) is 0 Å². The number of anilines is 1. The van der Waals surface area contributed by atoms with Crippen molar-refractivity contribution in [1.29, 1.82) is 0 Å². The highest BCUT2D eigenvalue weighted by Gasteiger charge is 2.21. The second kappa shape index (κ2) is 6.47. The van der Waals surface area contributed by atoms with E-state index in [2.05, 4.69) is 4.98 Å². The third-order valence-corrected chi connectivity index (χ3v) is 2.73. The molecule has 0 aliphatic rings. The molecule has 5 nitrogen and oxygen atoms in total. The van der Waals surface area contributed by atoms with Crippen LogP contribution in [0.5, 0.6) is 5.75 Å². The Morgan fingerprint density at radius 2 is 1.91 bits per heavy atom. The minimum Gasteiger partial charge on any atom is -0.487 e. The average Bonchev–Trinajstić information content (AvgIpc) is 2.44. The van der Waals surface area contributed by atoms with Crippen LogP contribution in [0.2, 0.25) is 0 Å². The molecule has 0 saturated carbocycles. The number of rotatable bonds is 4. The second-order valence-corrected chi connectivity index (χ2v) is 5.89. The smallest absolute Gasteiger partial charge is 0.359 e. The van der Waals surface area contributed by atoms with Gasteiger partial charge in [0.05, 0.1) is 11.9 Å². The summed E-state index contributed by atoms with van der Waals surface area (Å²) in [6.45, 7) is 5.78. The van der Waals surface area contributed by atoms with Crippen LogP contribution in [0, 0.1) is 0 Å². The van der Waals surface area contributed by atoms with E-state index in [1.54, 1.807) is 26.8 Å². The third kappa shape index (κ3) is 4.48. The van der Waals surface area contributed by atoms with E-state index in [0.29, 0.717) is 12.4 Å². The van der Waals surface area contributed by atoms with Crippen LogP contribution in [0.4, 0.5) is 5.69 Å². The standard InChI is InChI=1S/C17H20N2O3/c1-17(2,3)22-16(20)15-14(18)9-13(10-19-15)21-11-12-7-5-4-6-8-12/h4-10H,11,18H2,1-3H3. The van der Waals surface area contributed by atoms with Crippen LogP contribution >= 0.6 is 0 Å². The number of ether oxygens (including phenoxy) is 2. The van der Waals surface area contributed by atoms with Gasteiger partial charge in [-0.05, 0) is 26.3 Å². The van der Waals surface area contributed by atoms with E-state index in [-0.39, 0.29) is 11.4 Å². The Hall–Kier alpha value is -2.56. The van der Waals surface area contributed by atoms with Crippen LogP contribution in [-0.2, 0) is 11.3 Å². The summed E-state index contributed by atoms with van der Waals surface area (Å²) < 4.78 is 10.9. The molecule has 116 valence electrons. The molecule has 0 saturated heterocycles. The van der Waals surface area contributed by atoms with Crippen LogP contribution in [0.25, 0.3) is 0 Å². The first-order chi connectivity index (χ1) is 10.3. The second-order valence-electron chi connectivity index (χ2n) is 5.89. The van der Waals surface area contributed by atoms with Gasteiger partial charge in [-0.2, -0.15) is 0 Å². The van der Waals surface area contributed by atoms with E-state index < -0.39 is 11.6 Å². The summed E-state index contributed by atoms with van der Waals surface area (Å²) >= 11 is 0. The zero-order valence-electron chi connectivity index (χ0n) is 13.0. The highest BCUT2D eigenvalue weighted by atomic mass is 16.6. The minimum absolute atomic E-state index is 0.0991. The SMILES string of the molecule is CC(C)(C)OC(=O)c1ncc(OCc2ccccc2)cc1N. The van der Waals surface area contributed by atoms with Crippen LogP contribution in [-0.4, -0.2) is 16.6 Å². The van der Waals surface area contributed by atoms with E-state index in [4.69, 9.17) is 15.2 Å². The fourth-order valence-corrected chi connectivity index (χ4v) is 1.78. The minimum atomic E-state index is -0.590. The molecule has 0 spiro atoms. The maximum atomic E-state index is 12.0. The largest absolute Gasteiger partial charge is 0.487 e. The van der Waals surface area contributed by atoms with E-state index in [1.165, 1.54) is 6.20 Å². The molecule has 0 aliphatic carbocycles. The quantitative estimate of drug-likeness (QED) is 0.878. The number of aromatic nitrogens is 1. The summed E-state index contributed by atoms with van der Waals surface area (Å²) in [5, 5.41) is 0. The van der Waals surface area contributed by atoms with Gasteiger partial charge in [-0.15, -0.1) is 0 Å². The lowest BCUT2D eigenvalue weighted by atomic mass is 10.2. The van der Waals surface area contributed by atoms with Crippen molar-refractivity contribution in [3.8, 4) is 5.75 Å². The van der Waals surface area contributed by atoms with E-state index in [1.807, 2.05) is 30.3 Å². The van der Waals surface area contributed by atoms with Gasteiger partial charge in [0.25, 0.3) is 0 Å². The van der Waals surface area contributed by atoms with Crippen LogP contribution < -0.4 is 10.5 Å². The monoisotopic (exact) mass is 300 g/mol. The molecule has 22 heavy (non-hydrogen) atoms. The van der Waals surface area contributed by atoms with Crippen LogP contribution in [0.1, 0.15) is 36.8 Å². The topological polar surface area (TPSA) is 74.4 Å². The van der Waals surface area contributed by atoms with Gasteiger partial charge in [-0.25, -0.2) is 9.78 Å². The molecular weight excluding hydrogens is 280 g/mol. The first-order valence-electron chi connectivity index (χ1n) is 7.01. The van der Waals surface area contributed by atoms with Crippen molar-refractivity contribution in [2.24, 2.45) is 0 Å². The van der Waals surface area contributed by atoms with Gasteiger partial charge in [-0.1, -0.05) is 30.3 Å². The van der Waals surface area contributed by atoms with Crippen molar-refractivity contribution in [3.05, 3.63) is 53.9 Å². The fraction of sp³-hybridized carbons (Fsp3) is 0.294. The van der Waals surface area contributed by atoms with Gasteiger partial charge >= 0.3 is 5.97 Å². The van der Waals surface area contributed by atoms with E-state index in [0.717, 1.165) is 5.56 Å². The number of pyridine rings is 1. The Morgan fingerprint density at radius 3 is 2.50 bits per heavy atom. The lowest BCUT2D eigenvalue weighted by Gasteiger charge is -2.19. The van der Waals surface area contributed by atoms with Crippen molar-refractivity contribution in [2.45, 2.75) is 33.0 Å². The highest BCUT2D eigenvalue weighted by molar-refractivity contribution is 5.93. The molecule has 1 heterocycles. The van der Waals surface area contributed by atoms with Gasteiger partial charge in [0, 0.05) is 6.07 Å². The van der Waals surface area contributed by atoms with E-state index >= 15 is 0 Å².